The van der Waals surface area contributed by atoms with E-state index >= 15 is 0 Å². The first kappa shape index (κ1) is 15.4. The molecule has 0 radical (unpaired) electrons. The SMILES string of the molecule is Cc1cc(F)ccc1S(=O)(=O)N1CC(C)N(C)C(C)C1. The minimum Gasteiger partial charge on any atom is -0.298 e. The van der Waals surface area contributed by atoms with E-state index in [0.29, 0.717) is 18.7 Å². The summed E-state index contributed by atoms with van der Waals surface area (Å²) in [4.78, 5) is 2.37. The lowest BCUT2D eigenvalue weighted by molar-refractivity contribution is 0.105. The molecule has 6 heteroatoms. The monoisotopic (exact) mass is 300 g/mol. The van der Waals surface area contributed by atoms with Crippen LogP contribution in [0.3, 0.4) is 0 Å². The molecule has 1 fully saturated rings. The topological polar surface area (TPSA) is 40.6 Å². The van der Waals surface area contributed by atoms with E-state index in [0.717, 1.165) is 0 Å². The summed E-state index contributed by atoms with van der Waals surface area (Å²) in [6.07, 6.45) is 0. The highest BCUT2D eigenvalue weighted by atomic mass is 32.2. The molecule has 0 spiro atoms. The molecule has 1 aromatic carbocycles. The smallest absolute Gasteiger partial charge is 0.243 e. The van der Waals surface area contributed by atoms with Crippen LogP contribution in [0.2, 0.25) is 0 Å². The van der Waals surface area contributed by atoms with E-state index in [-0.39, 0.29) is 17.0 Å². The number of halogens is 1. The van der Waals surface area contributed by atoms with Crippen LogP contribution < -0.4 is 0 Å². The van der Waals surface area contributed by atoms with Crippen molar-refractivity contribution in [3.8, 4) is 0 Å². The van der Waals surface area contributed by atoms with Gasteiger partial charge in [0, 0.05) is 25.2 Å². The molecule has 1 aliphatic heterocycles. The lowest BCUT2D eigenvalue weighted by atomic mass is 10.1. The Hall–Kier alpha value is -0.980. The number of piperazine rings is 1. The second-order valence-corrected chi connectivity index (χ2v) is 7.50. The average Bonchev–Trinajstić information content (AvgIpc) is 2.34. The van der Waals surface area contributed by atoms with Gasteiger partial charge in [-0.1, -0.05) is 0 Å². The van der Waals surface area contributed by atoms with Crippen molar-refractivity contribution in [1.82, 2.24) is 9.21 Å². The second kappa shape index (κ2) is 5.42. The van der Waals surface area contributed by atoms with E-state index in [9.17, 15) is 12.8 Å². The van der Waals surface area contributed by atoms with Crippen LogP contribution in [0.1, 0.15) is 19.4 Å². The molecule has 0 aliphatic carbocycles. The van der Waals surface area contributed by atoms with Gasteiger partial charge in [0.05, 0.1) is 4.90 Å². The van der Waals surface area contributed by atoms with Gasteiger partial charge in [-0.2, -0.15) is 4.31 Å². The van der Waals surface area contributed by atoms with E-state index < -0.39 is 15.8 Å². The average molecular weight is 300 g/mol. The number of rotatable bonds is 2. The molecule has 0 N–H and O–H groups in total. The molecule has 0 saturated carbocycles. The quantitative estimate of drug-likeness (QED) is 0.837. The largest absolute Gasteiger partial charge is 0.298 e. The van der Waals surface area contributed by atoms with E-state index in [2.05, 4.69) is 4.90 Å². The summed E-state index contributed by atoms with van der Waals surface area (Å²) in [6.45, 7) is 6.56. The third-order valence-corrected chi connectivity index (χ3v) is 6.07. The van der Waals surface area contributed by atoms with Gasteiger partial charge in [-0.25, -0.2) is 12.8 Å². The van der Waals surface area contributed by atoms with Crippen molar-refractivity contribution in [3.63, 3.8) is 0 Å². The number of likely N-dealkylation sites (N-methyl/N-ethyl adjacent to an activating group) is 1. The van der Waals surface area contributed by atoms with Crippen LogP contribution in [-0.4, -0.2) is 49.8 Å². The van der Waals surface area contributed by atoms with Gasteiger partial charge >= 0.3 is 0 Å². The van der Waals surface area contributed by atoms with E-state index in [1.807, 2.05) is 20.9 Å². The zero-order valence-electron chi connectivity index (χ0n) is 12.3. The maximum absolute atomic E-state index is 13.1. The van der Waals surface area contributed by atoms with Gasteiger partial charge in [0.2, 0.25) is 10.0 Å². The van der Waals surface area contributed by atoms with E-state index in [1.54, 1.807) is 6.92 Å². The van der Waals surface area contributed by atoms with Crippen LogP contribution in [0.25, 0.3) is 0 Å². The van der Waals surface area contributed by atoms with Gasteiger partial charge in [0.1, 0.15) is 5.82 Å². The van der Waals surface area contributed by atoms with Crippen LogP contribution >= 0.6 is 0 Å². The number of hydrogen-bond acceptors (Lipinski definition) is 3. The number of sulfonamides is 1. The molecule has 1 heterocycles. The molecule has 20 heavy (non-hydrogen) atoms. The molecule has 0 aromatic heterocycles. The Kier molecular flexibility index (Phi) is 4.18. The summed E-state index contributed by atoms with van der Waals surface area (Å²) < 4.78 is 40.0. The molecule has 112 valence electrons. The maximum Gasteiger partial charge on any atom is 0.243 e. The van der Waals surface area contributed by atoms with Gasteiger partial charge in [0.15, 0.2) is 0 Å². The molecule has 2 unspecified atom stereocenters. The number of aryl methyl sites for hydroxylation is 1. The molecule has 2 atom stereocenters. The summed E-state index contributed by atoms with van der Waals surface area (Å²) in [7, 11) is -1.56. The van der Waals surface area contributed by atoms with Crippen LogP contribution in [0.5, 0.6) is 0 Å². The fraction of sp³-hybridized carbons (Fsp3) is 0.571. The van der Waals surface area contributed by atoms with E-state index in [1.165, 1.54) is 22.5 Å². The van der Waals surface area contributed by atoms with Crippen LogP contribution in [-0.2, 0) is 10.0 Å². The summed E-state index contributed by atoms with van der Waals surface area (Å²) in [5.74, 6) is -0.415. The van der Waals surface area contributed by atoms with Gasteiger partial charge in [-0.3, -0.25) is 4.90 Å². The first-order chi connectivity index (χ1) is 9.23. The Bertz CT molecular complexity index is 591. The van der Waals surface area contributed by atoms with Crippen molar-refractivity contribution in [2.45, 2.75) is 37.8 Å². The predicted octanol–water partition coefficient (Wildman–Crippen LogP) is 1.85. The van der Waals surface area contributed by atoms with Gasteiger partial charge in [-0.05, 0) is 51.6 Å². The third-order valence-electron chi connectivity index (χ3n) is 4.08. The fourth-order valence-electron chi connectivity index (χ4n) is 2.59. The highest BCUT2D eigenvalue weighted by Crippen LogP contribution is 2.24. The predicted molar refractivity (Wildman–Crippen MR) is 76.6 cm³/mol. The van der Waals surface area contributed by atoms with Crippen molar-refractivity contribution in [3.05, 3.63) is 29.6 Å². The molecule has 1 saturated heterocycles. The first-order valence-electron chi connectivity index (χ1n) is 6.71. The highest BCUT2D eigenvalue weighted by molar-refractivity contribution is 7.89. The van der Waals surface area contributed by atoms with Crippen molar-refractivity contribution < 1.29 is 12.8 Å². The highest BCUT2D eigenvalue weighted by Gasteiger charge is 2.34. The molecular weight excluding hydrogens is 279 g/mol. The van der Waals surface area contributed by atoms with Crippen LogP contribution in [0, 0.1) is 12.7 Å². The molecule has 0 amide bonds. The third kappa shape index (κ3) is 2.73. The van der Waals surface area contributed by atoms with Crippen molar-refractivity contribution in [2.75, 3.05) is 20.1 Å². The van der Waals surface area contributed by atoms with Gasteiger partial charge < -0.3 is 0 Å². The Morgan fingerprint density at radius 1 is 1.20 bits per heavy atom. The second-order valence-electron chi connectivity index (χ2n) is 5.60. The van der Waals surface area contributed by atoms with Crippen LogP contribution in [0.4, 0.5) is 4.39 Å². The van der Waals surface area contributed by atoms with Crippen molar-refractivity contribution in [1.29, 1.82) is 0 Å². The number of hydrogen-bond donors (Lipinski definition) is 0. The number of nitrogens with zero attached hydrogens (tertiary/aromatic N) is 2. The molecule has 4 nitrogen and oxygen atoms in total. The van der Waals surface area contributed by atoms with E-state index in [4.69, 9.17) is 0 Å². The summed E-state index contributed by atoms with van der Waals surface area (Å²) >= 11 is 0. The van der Waals surface area contributed by atoms with Crippen molar-refractivity contribution in [2.24, 2.45) is 0 Å². The zero-order valence-corrected chi connectivity index (χ0v) is 13.1. The van der Waals surface area contributed by atoms with Gasteiger partial charge in [0.25, 0.3) is 0 Å². The summed E-state index contributed by atoms with van der Waals surface area (Å²) in [5, 5.41) is 0. The molecular formula is C14H21FN2O2S. The Morgan fingerprint density at radius 3 is 2.25 bits per heavy atom. The maximum atomic E-state index is 13.1. The van der Waals surface area contributed by atoms with Crippen molar-refractivity contribution >= 4 is 10.0 Å². The molecule has 2 rings (SSSR count). The standard InChI is InChI=1S/C14H21FN2O2S/c1-10-7-13(15)5-6-14(10)20(18,19)17-8-11(2)16(4)12(3)9-17/h5-7,11-12H,8-9H2,1-4H3. The molecule has 1 aromatic rings. The van der Waals surface area contributed by atoms with Crippen LogP contribution in [0.15, 0.2) is 23.1 Å². The summed E-state index contributed by atoms with van der Waals surface area (Å²) in [5.41, 5.74) is 0.448. The molecule has 0 bridgehead atoms. The minimum atomic E-state index is -3.56. The van der Waals surface area contributed by atoms with Gasteiger partial charge in [-0.15, -0.1) is 0 Å². The summed E-state index contributed by atoms with van der Waals surface area (Å²) in [6, 6.07) is 4.13. The lowest BCUT2D eigenvalue weighted by Gasteiger charge is -2.41. The first-order valence-corrected chi connectivity index (χ1v) is 8.15. The molecule has 1 aliphatic rings. The Morgan fingerprint density at radius 2 is 1.75 bits per heavy atom. The Balaban J connectivity index is 2.35. The zero-order chi connectivity index (χ0) is 15.1. The minimum absolute atomic E-state index is 0.161. The lowest BCUT2D eigenvalue weighted by Crippen LogP contribution is -2.56. The Labute approximate surface area is 120 Å². The fourth-order valence-corrected chi connectivity index (χ4v) is 4.40. The number of benzene rings is 1. The normalized spacial score (nSPS) is 25.9.